The molecule has 0 fully saturated rings. The van der Waals surface area contributed by atoms with Gasteiger partial charge in [-0.15, -0.1) is 0 Å². The van der Waals surface area contributed by atoms with E-state index in [2.05, 4.69) is 4.72 Å². The van der Waals surface area contributed by atoms with Crippen LogP contribution in [0.5, 0.6) is 0 Å². The maximum absolute atomic E-state index is 13.4. The molecule has 0 aliphatic carbocycles. The van der Waals surface area contributed by atoms with Gasteiger partial charge < -0.3 is 5.73 Å². The largest absolute Gasteiger partial charge is 0.396 e. The lowest BCUT2D eigenvalue weighted by Gasteiger charge is -2.15. The minimum Gasteiger partial charge on any atom is -0.396 e. The Morgan fingerprint density at radius 2 is 1.62 bits per heavy atom. The lowest BCUT2D eigenvalue weighted by molar-refractivity contribution is 0.599. The van der Waals surface area contributed by atoms with Gasteiger partial charge in [0.1, 0.15) is 5.82 Å². The molecule has 0 spiro atoms. The van der Waals surface area contributed by atoms with Crippen molar-refractivity contribution in [2.75, 3.05) is 10.5 Å². The molecule has 0 heterocycles. The fourth-order valence-corrected chi connectivity index (χ4v) is 3.59. The number of sulfonamides is 1. The summed E-state index contributed by atoms with van der Waals surface area (Å²) in [6.45, 7) is 5.16. The Hall–Kier alpha value is -2.08. The lowest BCUT2D eigenvalue weighted by atomic mass is 10.1. The zero-order valence-corrected chi connectivity index (χ0v) is 12.9. The number of nitrogens with one attached hydrogen (secondary N) is 1. The number of benzene rings is 2. The van der Waals surface area contributed by atoms with E-state index in [0.717, 1.165) is 23.3 Å². The topological polar surface area (TPSA) is 72.2 Å². The van der Waals surface area contributed by atoms with Gasteiger partial charge in [0.15, 0.2) is 0 Å². The summed E-state index contributed by atoms with van der Waals surface area (Å²) in [5, 5.41) is 0. The van der Waals surface area contributed by atoms with Crippen LogP contribution in [0.2, 0.25) is 0 Å². The summed E-state index contributed by atoms with van der Waals surface area (Å²) in [6, 6.07) is 7.74. The third-order valence-electron chi connectivity index (χ3n) is 3.30. The van der Waals surface area contributed by atoms with E-state index < -0.39 is 15.8 Å². The second kappa shape index (κ2) is 5.37. The van der Waals surface area contributed by atoms with Crippen LogP contribution >= 0.6 is 0 Å². The maximum atomic E-state index is 13.4. The summed E-state index contributed by atoms with van der Waals surface area (Å²) in [5.41, 5.74) is 7.74. The van der Waals surface area contributed by atoms with Crippen LogP contribution in [0.4, 0.5) is 15.8 Å². The summed E-state index contributed by atoms with van der Waals surface area (Å²) in [5.74, 6) is -0.626. The van der Waals surface area contributed by atoms with E-state index in [1.165, 1.54) is 6.92 Å². The van der Waals surface area contributed by atoms with Crippen LogP contribution in [0, 0.1) is 26.6 Å². The molecule has 0 atom stereocenters. The molecule has 21 heavy (non-hydrogen) atoms. The molecule has 0 amide bonds. The Balaban J connectivity index is 2.51. The molecule has 0 unspecified atom stereocenters. The molecule has 2 aromatic rings. The van der Waals surface area contributed by atoms with Crippen molar-refractivity contribution in [3.63, 3.8) is 0 Å². The number of halogens is 1. The number of anilines is 2. The van der Waals surface area contributed by atoms with Gasteiger partial charge in [-0.25, -0.2) is 12.8 Å². The number of aryl methyl sites for hydroxylation is 3. The van der Waals surface area contributed by atoms with E-state index in [9.17, 15) is 12.8 Å². The molecule has 0 radical (unpaired) electrons. The molecule has 0 aromatic heterocycles. The summed E-state index contributed by atoms with van der Waals surface area (Å²) in [7, 11) is -3.82. The van der Waals surface area contributed by atoms with Crippen LogP contribution in [0.15, 0.2) is 35.2 Å². The lowest BCUT2D eigenvalue weighted by Crippen LogP contribution is -2.16. The first-order valence-electron chi connectivity index (χ1n) is 6.37. The Labute approximate surface area is 123 Å². The molecule has 4 nitrogen and oxygen atoms in total. The first-order chi connectivity index (χ1) is 9.72. The summed E-state index contributed by atoms with van der Waals surface area (Å²) in [6.07, 6.45) is 0. The van der Waals surface area contributed by atoms with Gasteiger partial charge in [0.25, 0.3) is 10.0 Å². The zero-order valence-electron chi connectivity index (χ0n) is 12.1. The van der Waals surface area contributed by atoms with Gasteiger partial charge in [-0.2, -0.15) is 0 Å². The quantitative estimate of drug-likeness (QED) is 0.856. The van der Waals surface area contributed by atoms with Gasteiger partial charge in [0.05, 0.1) is 16.3 Å². The third-order valence-corrected chi connectivity index (χ3v) is 4.79. The smallest absolute Gasteiger partial charge is 0.262 e. The van der Waals surface area contributed by atoms with Crippen molar-refractivity contribution in [3.8, 4) is 0 Å². The van der Waals surface area contributed by atoms with Crippen molar-refractivity contribution >= 4 is 21.4 Å². The highest BCUT2D eigenvalue weighted by Crippen LogP contribution is 2.26. The summed E-state index contributed by atoms with van der Waals surface area (Å²) >= 11 is 0. The molecular formula is C15H17FN2O2S. The molecule has 112 valence electrons. The molecule has 6 heteroatoms. The third kappa shape index (κ3) is 3.00. The predicted molar refractivity (Wildman–Crippen MR) is 82.3 cm³/mol. The minimum atomic E-state index is -3.82. The van der Waals surface area contributed by atoms with Crippen molar-refractivity contribution in [3.05, 3.63) is 52.8 Å². The highest BCUT2D eigenvalue weighted by atomic mass is 32.2. The molecular weight excluding hydrogens is 291 g/mol. The van der Waals surface area contributed by atoms with Gasteiger partial charge in [-0.05, 0) is 49.6 Å². The van der Waals surface area contributed by atoms with E-state index in [4.69, 9.17) is 5.73 Å². The zero-order chi connectivity index (χ0) is 15.8. The number of hydrogen-bond donors (Lipinski definition) is 2. The molecule has 3 N–H and O–H groups in total. The van der Waals surface area contributed by atoms with Crippen molar-refractivity contribution in [1.29, 1.82) is 0 Å². The number of rotatable bonds is 3. The van der Waals surface area contributed by atoms with E-state index in [-0.39, 0.29) is 10.6 Å². The average molecular weight is 308 g/mol. The average Bonchev–Trinajstić information content (AvgIpc) is 2.38. The first kappa shape index (κ1) is 15.3. The van der Waals surface area contributed by atoms with E-state index >= 15 is 0 Å². The van der Waals surface area contributed by atoms with Gasteiger partial charge in [0.2, 0.25) is 0 Å². The standard InChI is InChI=1S/C15H17FN2O2S/c1-9-5-4-6-10(2)15(9)18-21(19,20)14-8-13(17)12(16)7-11(14)3/h4-8,18H,17H2,1-3H3. The fraction of sp³-hybridized carbons (Fsp3) is 0.200. The van der Waals surface area contributed by atoms with Crippen molar-refractivity contribution in [2.24, 2.45) is 0 Å². The summed E-state index contributed by atoms with van der Waals surface area (Å²) in [4.78, 5) is -0.0240. The van der Waals surface area contributed by atoms with Crippen LogP contribution in [-0.2, 0) is 10.0 Å². The molecule has 2 aromatic carbocycles. The minimum absolute atomic E-state index is 0.0240. The SMILES string of the molecule is Cc1cc(F)c(N)cc1S(=O)(=O)Nc1c(C)cccc1C. The molecule has 0 aliphatic heterocycles. The number of nitrogen functional groups attached to an aromatic ring is 1. The second-order valence-corrected chi connectivity index (χ2v) is 6.66. The van der Waals surface area contributed by atoms with Gasteiger partial charge in [-0.3, -0.25) is 4.72 Å². The Bertz CT molecular complexity index is 781. The van der Waals surface area contributed by atoms with Crippen LogP contribution in [0.25, 0.3) is 0 Å². The molecule has 2 rings (SSSR count). The Morgan fingerprint density at radius 1 is 1.05 bits per heavy atom. The van der Waals surface area contributed by atoms with Crippen LogP contribution < -0.4 is 10.5 Å². The van der Waals surface area contributed by atoms with Crippen molar-refractivity contribution in [2.45, 2.75) is 25.7 Å². The van der Waals surface area contributed by atoms with Crippen molar-refractivity contribution < 1.29 is 12.8 Å². The Kier molecular flexibility index (Phi) is 3.91. The molecule has 0 saturated heterocycles. The first-order valence-corrected chi connectivity index (χ1v) is 7.85. The van der Waals surface area contributed by atoms with Crippen LogP contribution in [0.3, 0.4) is 0 Å². The maximum Gasteiger partial charge on any atom is 0.262 e. The van der Waals surface area contributed by atoms with Crippen LogP contribution in [0.1, 0.15) is 16.7 Å². The van der Waals surface area contributed by atoms with Crippen molar-refractivity contribution in [1.82, 2.24) is 0 Å². The highest BCUT2D eigenvalue weighted by molar-refractivity contribution is 7.92. The van der Waals surface area contributed by atoms with E-state index in [1.807, 2.05) is 32.0 Å². The molecule has 0 bridgehead atoms. The molecule has 0 saturated carbocycles. The van der Waals surface area contributed by atoms with E-state index in [1.54, 1.807) is 0 Å². The van der Waals surface area contributed by atoms with Gasteiger partial charge >= 0.3 is 0 Å². The van der Waals surface area contributed by atoms with E-state index in [0.29, 0.717) is 11.3 Å². The van der Waals surface area contributed by atoms with Gasteiger partial charge in [0, 0.05) is 0 Å². The normalized spacial score (nSPS) is 11.4. The predicted octanol–water partition coefficient (Wildman–Crippen LogP) is 3.13. The number of nitrogens with two attached hydrogens (primary N) is 1. The Morgan fingerprint density at radius 3 is 2.19 bits per heavy atom. The number of hydrogen-bond acceptors (Lipinski definition) is 3. The number of para-hydroxylation sites is 1. The van der Waals surface area contributed by atoms with Gasteiger partial charge in [-0.1, -0.05) is 18.2 Å². The monoisotopic (exact) mass is 308 g/mol. The highest BCUT2D eigenvalue weighted by Gasteiger charge is 2.20. The molecule has 0 aliphatic rings. The summed E-state index contributed by atoms with van der Waals surface area (Å²) < 4.78 is 40.9. The van der Waals surface area contributed by atoms with Crippen LogP contribution in [-0.4, -0.2) is 8.42 Å². The second-order valence-electron chi connectivity index (χ2n) is 5.01. The fourth-order valence-electron chi connectivity index (χ4n) is 2.12.